The van der Waals surface area contributed by atoms with Crippen LogP contribution in [0.15, 0.2) is 18.2 Å². The van der Waals surface area contributed by atoms with Gasteiger partial charge in [-0.1, -0.05) is 6.07 Å². The molecule has 17 heavy (non-hydrogen) atoms. The summed E-state index contributed by atoms with van der Waals surface area (Å²) in [5.41, 5.74) is 0.877. The van der Waals surface area contributed by atoms with Crippen molar-refractivity contribution in [2.24, 2.45) is 0 Å². The molecule has 0 saturated carbocycles. The van der Waals surface area contributed by atoms with Crippen LogP contribution in [0.1, 0.15) is 28.8 Å². The van der Waals surface area contributed by atoms with Crippen molar-refractivity contribution in [3.63, 3.8) is 0 Å². The Morgan fingerprint density at radius 3 is 2.94 bits per heavy atom. The van der Waals surface area contributed by atoms with Crippen LogP contribution in [0.3, 0.4) is 0 Å². The highest BCUT2D eigenvalue weighted by atomic mass is 19.1. The summed E-state index contributed by atoms with van der Waals surface area (Å²) in [6, 6.07) is 4.49. The second kappa shape index (κ2) is 4.84. The number of piperidine rings is 1. The Hall–Kier alpha value is -1.42. The topological polar surface area (TPSA) is 40.5 Å². The first-order valence-corrected chi connectivity index (χ1v) is 5.81. The van der Waals surface area contributed by atoms with Crippen LogP contribution >= 0.6 is 0 Å². The molecule has 0 bridgehead atoms. The van der Waals surface area contributed by atoms with Gasteiger partial charge in [-0.25, -0.2) is 4.39 Å². The molecule has 1 aliphatic heterocycles. The maximum atomic E-state index is 13.4. The molecule has 0 aliphatic carbocycles. The summed E-state index contributed by atoms with van der Waals surface area (Å²) in [4.78, 5) is 13.6. The summed E-state index contributed by atoms with van der Waals surface area (Å²) in [6.07, 6.45) is 1.07. The molecule has 1 fully saturated rings. The summed E-state index contributed by atoms with van der Waals surface area (Å²) >= 11 is 0. The molecule has 3 nitrogen and oxygen atoms in total. The molecule has 1 saturated heterocycles. The van der Waals surface area contributed by atoms with Crippen molar-refractivity contribution < 1.29 is 14.3 Å². The van der Waals surface area contributed by atoms with Gasteiger partial charge in [0.2, 0.25) is 0 Å². The second-order valence-corrected chi connectivity index (χ2v) is 4.51. The summed E-state index contributed by atoms with van der Waals surface area (Å²) < 4.78 is 13.4. The zero-order valence-electron chi connectivity index (χ0n) is 9.82. The van der Waals surface area contributed by atoms with E-state index in [4.69, 9.17) is 0 Å². The molecule has 92 valence electrons. The number of halogens is 1. The van der Waals surface area contributed by atoms with E-state index in [2.05, 4.69) is 0 Å². The van der Waals surface area contributed by atoms with E-state index in [1.165, 1.54) is 6.07 Å². The third-order valence-electron chi connectivity index (χ3n) is 3.10. The number of aliphatic hydroxyl groups is 1. The van der Waals surface area contributed by atoms with E-state index < -0.39 is 6.10 Å². The van der Waals surface area contributed by atoms with E-state index in [0.29, 0.717) is 24.2 Å². The Morgan fingerprint density at radius 2 is 2.29 bits per heavy atom. The number of amides is 1. The molecule has 0 radical (unpaired) electrons. The highest BCUT2D eigenvalue weighted by molar-refractivity contribution is 5.94. The summed E-state index contributed by atoms with van der Waals surface area (Å²) in [7, 11) is 0. The molecule has 1 aromatic rings. The monoisotopic (exact) mass is 237 g/mol. The number of carbonyl (C=O) groups is 1. The van der Waals surface area contributed by atoms with Crippen molar-refractivity contribution in [3.05, 3.63) is 35.1 Å². The van der Waals surface area contributed by atoms with Gasteiger partial charge in [0, 0.05) is 18.7 Å². The van der Waals surface area contributed by atoms with Crippen LogP contribution in [0.5, 0.6) is 0 Å². The number of rotatable bonds is 1. The maximum absolute atomic E-state index is 13.4. The molecular formula is C13H16FNO2. The van der Waals surface area contributed by atoms with E-state index in [1.54, 1.807) is 24.0 Å². The predicted molar refractivity (Wildman–Crippen MR) is 62.3 cm³/mol. The number of hydrogen-bond acceptors (Lipinski definition) is 2. The molecule has 1 atom stereocenters. The Bertz CT molecular complexity index is 433. The molecule has 1 aromatic carbocycles. The van der Waals surface area contributed by atoms with Gasteiger partial charge in [-0.05, 0) is 37.5 Å². The normalized spacial score (nSPS) is 20.4. The predicted octanol–water partition coefficient (Wildman–Crippen LogP) is 1.73. The first kappa shape index (κ1) is 12.0. The van der Waals surface area contributed by atoms with Crippen molar-refractivity contribution in [1.29, 1.82) is 0 Å². The summed E-state index contributed by atoms with van der Waals surface area (Å²) in [5.74, 6) is -0.573. The second-order valence-electron chi connectivity index (χ2n) is 4.51. The molecule has 1 N–H and O–H groups in total. The Kier molecular flexibility index (Phi) is 3.43. The molecule has 0 spiro atoms. The van der Waals surface area contributed by atoms with E-state index in [-0.39, 0.29) is 11.7 Å². The highest BCUT2D eigenvalue weighted by Crippen LogP contribution is 2.15. The van der Waals surface area contributed by atoms with Gasteiger partial charge in [-0.2, -0.15) is 0 Å². The largest absolute Gasteiger partial charge is 0.391 e. The molecular weight excluding hydrogens is 221 g/mol. The van der Waals surface area contributed by atoms with Crippen molar-refractivity contribution >= 4 is 5.91 Å². The van der Waals surface area contributed by atoms with Crippen molar-refractivity contribution in [2.45, 2.75) is 25.9 Å². The first-order valence-electron chi connectivity index (χ1n) is 5.81. The number of likely N-dealkylation sites (tertiary alicyclic amines) is 1. The zero-order chi connectivity index (χ0) is 12.4. The fourth-order valence-corrected chi connectivity index (χ4v) is 2.05. The van der Waals surface area contributed by atoms with Gasteiger partial charge in [-0.3, -0.25) is 4.79 Å². The lowest BCUT2D eigenvalue weighted by molar-refractivity contribution is 0.0473. The third kappa shape index (κ3) is 2.64. The minimum absolute atomic E-state index is 0.206. The fraction of sp³-hybridized carbons (Fsp3) is 0.462. The van der Waals surface area contributed by atoms with Crippen molar-refractivity contribution in [2.75, 3.05) is 13.1 Å². The average molecular weight is 237 g/mol. The van der Waals surface area contributed by atoms with E-state index in [0.717, 1.165) is 12.8 Å². The SMILES string of the molecule is Cc1ccc(C(=O)N2CCC[C@H](O)C2)cc1F. The number of nitrogens with zero attached hydrogens (tertiary/aromatic N) is 1. The third-order valence-corrected chi connectivity index (χ3v) is 3.10. The number of benzene rings is 1. The van der Waals surface area contributed by atoms with Crippen LogP contribution in [0, 0.1) is 12.7 Å². The van der Waals surface area contributed by atoms with Crippen LogP contribution in [0.25, 0.3) is 0 Å². The standard InChI is InChI=1S/C13H16FNO2/c1-9-4-5-10(7-12(9)14)13(17)15-6-2-3-11(16)8-15/h4-5,7,11,16H,2-3,6,8H2,1H3/t11-/m0/s1. The van der Waals surface area contributed by atoms with Crippen LogP contribution in [0.2, 0.25) is 0 Å². The van der Waals surface area contributed by atoms with Crippen LogP contribution in [0.4, 0.5) is 4.39 Å². The first-order chi connectivity index (χ1) is 8.08. The molecule has 4 heteroatoms. The van der Waals surface area contributed by atoms with Gasteiger partial charge in [-0.15, -0.1) is 0 Å². The lowest BCUT2D eigenvalue weighted by Crippen LogP contribution is -2.42. The summed E-state index contributed by atoms with van der Waals surface area (Å²) in [6.45, 7) is 2.63. The number of carbonyl (C=O) groups excluding carboxylic acids is 1. The molecule has 1 aliphatic rings. The smallest absolute Gasteiger partial charge is 0.254 e. The number of β-amino-alcohol motifs (C(OH)–C–C–N with tert-alkyl or cyclic N) is 1. The van der Waals surface area contributed by atoms with Crippen molar-refractivity contribution in [1.82, 2.24) is 4.90 Å². The Balaban J connectivity index is 2.15. The van der Waals surface area contributed by atoms with Gasteiger partial charge >= 0.3 is 0 Å². The number of hydrogen-bond donors (Lipinski definition) is 1. The van der Waals surface area contributed by atoms with Crippen LogP contribution < -0.4 is 0 Å². The molecule has 1 amide bonds. The Morgan fingerprint density at radius 1 is 1.53 bits per heavy atom. The van der Waals surface area contributed by atoms with Gasteiger partial charge in [0.1, 0.15) is 5.82 Å². The molecule has 2 rings (SSSR count). The lowest BCUT2D eigenvalue weighted by atomic mass is 10.1. The quantitative estimate of drug-likeness (QED) is 0.808. The molecule has 0 unspecified atom stereocenters. The van der Waals surface area contributed by atoms with Gasteiger partial charge in [0.05, 0.1) is 6.10 Å². The highest BCUT2D eigenvalue weighted by Gasteiger charge is 2.23. The minimum atomic E-state index is -0.456. The molecule has 1 heterocycles. The fourth-order valence-electron chi connectivity index (χ4n) is 2.05. The van der Waals surface area contributed by atoms with Gasteiger partial charge in [0.15, 0.2) is 0 Å². The van der Waals surface area contributed by atoms with E-state index in [9.17, 15) is 14.3 Å². The minimum Gasteiger partial charge on any atom is -0.391 e. The average Bonchev–Trinajstić information content (AvgIpc) is 2.32. The number of aryl methyl sites for hydroxylation is 1. The maximum Gasteiger partial charge on any atom is 0.254 e. The lowest BCUT2D eigenvalue weighted by Gasteiger charge is -2.30. The van der Waals surface area contributed by atoms with Crippen molar-refractivity contribution in [3.8, 4) is 0 Å². The zero-order valence-corrected chi connectivity index (χ0v) is 9.82. The van der Waals surface area contributed by atoms with Crippen LogP contribution in [-0.2, 0) is 0 Å². The van der Waals surface area contributed by atoms with Gasteiger partial charge in [0.25, 0.3) is 5.91 Å². The van der Waals surface area contributed by atoms with Gasteiger partial charge < -0.3 is 10.0 Å². The van der Waals surface area contributed by atoms with E-state index >= 15 is 0 Å². The molecule has 0 aromatic heterocycles. The Labute approximate surface area is 99.9 Å². The van der Waals surface area contributed by atoms with E-state index in [1.807, 2.05) is 0 Å². The number of aliphatic hydroxyl groups excluding tert-OH is 1. The summed E-state index contributed by atoms with van der Waals surface area (Å²) in [5, 5.41) is 9.51. The van der Waals surface area contributed by atoms with Crippen LogP contribution in [-0.4, -0.2) is 35.1 Å².